The number of aliphatic hydroxyl groups is 1. The predicted octanol–water partition coefficient (Wildman–Crippen LogP) is 0.644. The third-order valence-corrected chi connectivity index (χ3v) is 6.25. The number of hydrogen-bond acceptors (Lipinski definition) is 5. The lowest BCUT2D eigenvalue weighted by Gasteiger charge is -2.26. The lowest BCUT2D eigenvalue weighted by Crippen LogP contribution is -2.39. The van der Waals surface area contributed by atoms with Crippen LogP contribution in [0.3, 0.4) is 0 Å². The molecule has 0 radical (unpaired) electrons. The van der Waals surface area contributed by atoms with Gasteiger partial charge in [0, 0.05) is 19.8 Å². The Morgan fingerprint density at radius 2 is 2.17 bits per heavy atom. The number of aryl methyl sites for hydroxylation is 1. The highest BCUT2D eigenvalue weighted by Crippen LogP contribution is 2.24. The van der Waals surface area contributed by atoms with Crippen LogP contribution >= 0.6 is 0 Å². The van der Waals surface area contributed by atoms with Crippen LogP contribution in [0, 0.1) is 0 Å². The molecule has 3 heterocycles. The minimum absolute atomic E-state index is 0.183. The van der Waals surface area contributed by atoms with Gasteiger partial charge >= 0.3 is 0 Å². The summed E-state index contributed by atoms with van der Waals surface area (Å²) in [6.07, 6.45) is 2.27. The zero-order valence-electron chi connectivity index (χ0n) is 14.0. The second-order valence-electron chi connectivity index (χ2n) is 6.07. The van der Waals surface area contributed by atoms with Gasteiger partial charge in [0.15, 0.2) is 0 Å². The van der Waals surface area contributed by atoms with Crippen molar-refractivity contribution in [1.29, 1.82) is 0 Å². The van der Waals surface area contributed by atoms with Crippen molar-refractivity contribution in [3.8, 4) is 0 Å². The summed E-state index contributed by atoms with van der Waals surface area (Å²) >= 11 is 0. The normalized spacial score (nSPS) is 17.0. The van der Waals surface area contributed by atoms with Crippen LogP contribution in [0.4, 0.5) is 0 Å². The maximum absolute atomic E-state index is 12.4. The Balaban J connectivity index is 1.79. The average molecular weight is 353 g/mol. The fourth-order valence-corrected chi connectivity index (χ4v) is 4.50. The van der Waals surface area contributed by atoms with Crippen molar-refractivity contribution in [1.82, 2.24) is 23.9 Å². The van der Waals surface area contributed by atoms with E-state index in [1.165, 1.54) is 4.31 Å². The van der Waals surface area contributed by atoms with Crippen molar-refractivity contribution in [2.24, 2.45) is 7.05 Å². The molecule has 8 nitrogen and oxygen atoms in total. The van der Waals surface area contributed by atoms with E-state index in [2.05, 4.69) is 10.2 Å². The highest BCUT2D eigenvalue weighted by molar-refractivity contribution is 7.89. The summed E-state index contributed by atoms with van der Waals surface area (Å²) in [5.74, 6) is 0.183. The smallest absolute Gasteiger partial charge is 0.214 e. The molecule has 0 aromatic carbocycles. The zero-order chi connectivity index (χ0) is 17.3. The molecule has 1 aliphatic rings. The Bertz CT molecular complexity index is 811. The fraction of sp³-hybridized carbons (Fsp3) is 0.600. The minimum Gasteiger partial charge on any atom is -0.380 e. The molecule has 1 atom stereocenters. The first-order chi connectivity index (χ1) is 11.4. The third-order valence-electron chi connectivity index (χ3n) is 4.35. The number of unbranched alkanes of at least 4 members (excludes halogenated alkanes) is 1. The maximum atomic E-state index is 12.4. The van der Waals surface area contributed by atoms with Crippen LogP contribution in [-0.4, -0.2) is 49.7 Å². The van der Waals surface area contributed by atoms with Crippen molar-refractivity contribution >= 4 is 10.0 Å². The van der Waals surface area contributed by atoms with Gasteiger partial charge in [-0.2, -0.15) is 14.5 Å². The van der Waals surface area contributed by atoms with Crippen LogP contribution in [0.15, 0.2) is 18.3 Å². The van der Waals surface area contributed by atoms with Crippen LogP contribution in [0.25, 0.3) is 0 Å². The van der Waals surface area contributed by atoms with Gasteiger partial charge in [0.25, 0.3) is 0 Å². The third kappa shape index (κ3) is 3.24. The minimum atomic E-state index is -3.23. The summed E-state index contributed by atoms with van der Waals surface area (Å²) in [7, 11) is -1.47. The summed E-state index contributed by atoms with van der Waals surface area (Å²) in [6.45, 7) is 3.20. The Hall–Kier alpha value is -1.71. The van der Waals surface area contributed by atoms with Crippen molar-refractivity contribution in [2.75, 3.05) is 12.3 Å². The molecule has 0 amide bonds. The molecular weight excluding hydrogens is 330 g/mol. The largest absolute Gasteiger partial charge is 0.380 e. The van der Waals surface area contributed by atoms with Gasteiger partial charge in [0.05, 0.1) is 35.9 Å². The van der Waals surface area contributed by atoms with E-state index in [4.69, 9.17) is 0 Å². The van der Waals surface area contributed by atoms with Gasteiger partial charge in [-0.25, -0.2) is 8.42 Å². The molecular formula is C15H23N5O3S. The molecule has 9 heteroatoms. The predicted molar refractivity (Wildman–Crippen MR) is 88.6 cm³/mol. The first-order valence-corrected chi connectivity index (χ1v) is 9.73. The highest BCUT2D eigenvalue weighted by Gasteiger charge is 2.28. The van der Waals surface area contributed by atoms with E-state index in [9.17, 15) is 13.5 Å². The molecule has 24 heavy (non-hydrogen) atoms. The average Bonchev–Trinajstić information content (AvgIpc) is 3.17. The lowest BCUT2D eigenvalue weighted by molar-refractivity contribution is 0.203. The van der Waals surface area contributed by atoms with Crippen LogP contribution in [0.2, 0.25) is 0 Å². The SMILES string of the molecule is CCCCS(=O)(=O)N1CCn2nc([C@H](O)c3ccnn3C)cc2C1. The van der Waals surface area contributed by atoms with E-state index in [1.54, 1.807) is 34.7 Å². The van der Waals surface area contributed by atoms with Gasteiger partial charge in [-0.1, -0.05) is 13.3 Å². The molecule has 1 aliphatic heterocycles. The molecule has 2 aromatic rings. The highest BCUT2D eigenvalue weighted by atomic mass is 32.2. The Morgan fingerprint density at radius 1 is 1.38 bits per heavy atom. The summed E-state index contributed by atoms with van der Waals surface area (Å²) < 4.78 is 29.6. The van der Waals surface area contributed by atoms with E-state index >= 15 is 0 Å². The molecule has 1 N–H and O–H groups in total. The second-order valence-corrected chi connectivity index (χ2v) is 8.16. The topological polar surface area (TPSA) is 93.2 Å². The first-order valence-electron chi connectivity index (χ1n) is 8.13. The Labute approximate surface area is 141 Å². The molecule has 3 rings (SSSR count). The molecule has 0 saturated carbocycles. The lowest BCUT2D eigenvalue weighted by atomic mass is 10.2. The van der Waals surface area contributed by atoms with Gasteiger partial charge < -0.3 is 5.11 Å². The molecule has 2 aromatic heterocycles. The molecule has 0 fully saturated rings. The molecule has 0 spiro atoms. The van der Waals surface area contributed by atoms with E-state index in [-0.39, 0.29) is 5.75 Å². The van der Waals surface area contributed by atoms with E-state index in [1.807, 2.05) is 6.92 Å². The summed E-state index contributed by atoms with van der Waals surface area (Å²) in [6, 6.07) is 3.52. The quantitative estimate of drug-likeness (QED) is 0.823. The van der Waals surface area contributed by atoms with Gasteiger partial charge in [0.2, 0.25) is 10.0 Å². The van der Waals surface area contributed by atoms with Gasteiger partial charge in [-0.15, -0.1) is 0 Å². The number of aliphatic hydroxyl groups excluding tert-OH is 1. The first kappa shape index (κ1) is 17.1. The standard InChI is InChI=1S/C15H23N5O3S/c1-3-4-9-24(22,23)19-7-8-20-12(11-19)10-13(17-20)15(21)14-5-6-16-18(14)2/h5-6,10,15,21H,3-4,7-9,11H2,1-2H3/t15-/m0/s1. The molecule has 0 unspecified atom stereocenters. The Kier molecular flexibility index (Phi) is 4.75. The van der Waals surface area contributed by atoms with Crippen LogP contribution in [-0.2, 0) is 30.2 Å². The van der Waals surface area contributed by atoms with Crippen molar-refractivity contribution in [3.63, 3.8) is 0 Å². The summed E-state index contributed by atoms with van der Waals surface area (Å²) in [5.41, 5.74) is 1.97. The van der Waals surface area contributed by atoms with Gasteiger partial charge in [0.1, 0.15) is 6.10 Å². The second kappa shape index (κ2) is 6.66. The maximum Gasteiger partial charge on any atom is 0.214 e. The van der Waals surface area contributed by atoms with Crippen LogP contribution in [0.1, 0.15) is 43.0 Å². The summed E-state index contributed by atoms with van der Waals surface area (Å²) in [5, 5.41) is 19.0. The Morgan fingerprint density at radius 3 is 2.83 bits per heavy atom. The fourth-order valence-electron chi connectivity index (χ4n) is 2.90. The van der Waals surface area contributed by atoms with Gasteiger partial charge in [-0.3, -0.25) is 9.36 Å². The number of sulfonamides is 1. The van der Waals surface area contributed by atoms with Crippen LogP contribution < -0.4 is 0 Å². The van der Waals surface area contributed by atoms with Crippen molar-refractivity contribution in [3.05, 3.63) is 35.4 Å². The monoisotopic (exact) mass is 353 g/mol. The van der Waals surface area contributed by atoms with E-state index in [0.29, 0.717) is 37.4 Å². The number of fused-ring (bicyclic) bond motifs is 1. The van der Waals surface area contributed by atoms with Crippen molar-refractivity contribution in [2.45, 2.75) is 39.0 Å². The number of rotatable bonds is 6. The molecule has 0 saturated heterocycles. The van der Waals surface area contributed by atoms with E-state index < -0.39 is 16.1 Å². The van der Waals surface area contributed by atoms with Crippen LogP contribution in [0.5, 0.6) is 0 Å². The van der Waals surface area contributed by atoms with Crippen molar-refractivity contribution < 1.29 is 13.5 Å². The zero-order valence-corrected chi connectivity index (χ0v) is 14.8. The molecule has 132 valence electrons. The molecule has 0 aliphatic carbocycles. The van der Waals surface area contributed by atoms with Gasteiger partial charge in [-0.05, 0) is 18.6 Å². The number of nitrogens with zero attached hydrogens (tertiary/aromatic N) is 5. The summed E-state index contributed by atoms with van der Waals surface area (Å²) in [4.78, 5) is 0. The molecule has 0 bridgehead atoms. The van der Waals surface area contributed by atoms with E-state index in [0.717, 1.165) is 12.1 Å². The number of hydrogen-bond donors (Lipinski definition) is 1. The number of aromatic nitrogens is 4.